The molecular formula is C25H46O3. The Bertz CT molecular complexity index is 324. The fourth-order valence-corrected chi connectivity index (χ4v) is 4.79. The first-order valence-electron chi connectivity index (χ1n) is 12.7. The average Bonchev–Trinajstić information content (AvgIpc) is 2.66. The highest BCUT2D eigenvalue weighted by atomic mass is 16.7. The topological polar surface area (TPSA) is 35.5 Å². The van der Waals surface area contributed by atoms with E-state index in [1.807, 2.05) is 0 Å². The van der Waals surface area contributed by atoms with Gasteiger partial charge >= 0.3 is 6.16 Å². The van der Waals surface area contributed by atoms with Crippen LogP contribution in [-0.2, 0) is 9.47 Å². The molecule has 164 valence electrons. The van der Waals surface area contributed by atoms with Crippen molar-refractivity contribution in [3.63, 3.8) is 0 Å². The number of hydrogen-bond acceptors (Lipinski definition) is 3. The van der Waals surface area contributed by atoms with Crippen LogP contribution in [0, 0.1) is 0 Å². The van der Waals surface area contributed by atoms with Gasteiger partial charge in [-0.1, -0.05) is 89.9 Å². The molecule has 0 bridgehead atoms. The van der Waals surface area contributed by atoms with Crippen molar-refractivity contribution in [3.05, 3.63) is 0 Å². The van der Waals surface area contributed by atoms with Crippen LogP contribution in [0.1, 0.15) is 141 Å². The predicted octanol–water partition coefficient (Wildman–Crippen LogP) is 8.49. The molecule has 0 amide bonds. The number of hydrogen-bond donors (Lipinski definition) is 0. The number of rotatable bonds is 2. The maximum absolute atomic E-state index is 12.5. The molecule has 0 N–H and O–H groups in total. The summed E-state index contributed by atoms with van der Waals surface area (Å²) in [5.74, 6) is 0. The lowest BCUT2D eigenvalue weighted by Gasteiger charge is -2.22. The lowest BCUT2D eigenvalue weighted by molar-refractivity contribution is -0.0122. The van der Waals surface area contributed by atoms with E-state index in [9.17, 15) is 4.79 Å². The summed E-state index contributed by atoms with van der Waals surface area (Å²) in [6.07, 6.45) is 27.2. The smallest absolute Gasteiger partial charge is 0.431 e. The van der Waals surface area contributed by atoms with Crippen molar-refractivity contribution in [2.75, 3.05) is 0 Å². The lowest BCUT2D eigenvalue weighted by atomic mass is 9.99. The van der Waals surface area contributed by atoms with Gasteiger partial charge in [0.2, 0.25) is 0 Å². The van der Waals surface area contributed by atoms with Gasteiger partial charge in [-0.25, -0.2) is 4.79 Å². The van der Waals surface area contributed by atoms with Crippen molar-refractivity contribution < 1.29 is 14.3 Å². The molecule has 2 fully saturated rings. The van der Waals surface area contributed by atoms with Crippen LogP contribution in [0.15, 0.2) is 0 Å². The highest BCUT2D eigenvalue weighted by molar-refractivity contribution is 5.60. The molecule has 2 aliphatic carbocycles. The molecule has 2 saturated carbocycles. The normalized spacial score (nSPS) is 24.0. The highest BCUT2D eigenvalue weighted by Gasteiger charge is 2.20. The molecule has 2 aliphatic rings. The maximum atomic E-state index is 12.5. The summed E-state index contributed by atoms with van der Waals surface area (Å²) >= 11 is 0. The fourth-order valence-electron chi connectivity index (χ4n) is 4.79. The SMILES string of the molecule is O=C(OC1CCCCCCCCCCC1)OC1CCCCCCCCCCC1. The van der Waals surface area contributed by atoms with E-state index in [4.69, 9.17) is 9.47 Å². The Morgan fingerprint density at radius 1 is 0.393 bits per heavy atom. The zero-order valence-corrected chi connectivity index (χ0v) is 18.4. The van der Waals surface area contributed by atoms with Crippen molar-refractivity contribution >= 4 is 6.16 Å². The summed E-state index contributed by atoms with van der Waals surface area (Å²) in [5, 5.41) is 0. The molecule has 3 heteroatoms. The minimum absolute atomic E-state index is 0.0678. The lowest BCUT2D eigenvalue weighted by Crippen LogP contribution is -2.24. The van der Waals surface area contributed by atoms with Crippen LogP contribution in [-0.4, -0.2) is 18.4 Å². The monoisotopic (exact) mass is 394 g/mol. The summed E-state index contributed by atoms with van der Waals surface area (Å²) in [4.78, 5) is 12.5. The molecule has 0 heterocycles. The summed E-state index contributed by atoms with van der Waals surface area (Å²) in [5.41, 5.74) is 0. The van der Waals surface area contributed by atoms with Gasteiger partial charge in [0.25, 0.3) is 0 Å². The van der Waals surface area contributed by atoms with Crippen LogP contribution < -0.4 is 0 Å². The molecule has 0 unspecified atom stereocenters. The van der Waals surface area contributed by atoms with Crippen molar-refractivity contribution in [2.45, 2.75) is 153 Å². The van der Waals surface area contributed by atoms with Crippen molar-refractivity contribution in [1.82, 2.24) is 0 Å². The van der Waals surface area contributed by atoms with E-state index < -0.39 is 6.16 Å². The molecule has 0 aromatic carbocycles. The van der Waals surface area contributed by atoms with Crippen LogP contribution in [0.2, 0.25) is 0 Å². The Kier molecular flexibility index (Phi) is 13.5. The van der Waals surface area contributed by atoms with Gasteiger partial charge in [-0.15, -0.1) is 0 Å². The first kappa shape index (κ1) is 23.5. The molecule has 0 spiro atoms. The second-order valence-corrected chi connectivity index (χ2v) is 9.25. The van der Waals surface area contributed by atoms with E-state index in [-0.39, 0.29) is 12.2 Å². The van der Waals surface area contributed by atoms with E-state index in [0.29, 0.717) is 0 Å². The minimum atomic E-state index is -0.394. The third-order valence-electron chi connectivity index (χ3n) is 6.63. The van der Waals surface area contributed by atoms with Gasteiger partial charge in [-0.05, 0) is 51.4 Å². The van der Waals surface area contributed by atoms with E-state index in [2.05, 4.69) is 0 Å². The standard InChI is InChI=1S/C25H46O3/c26-25(27-23-19-15-11-7-3-1-4-8-12-16-20-23)28-24-21-17-13-9-5-2-6-10-14-18-22-24/h23-24H,1-22H2. The molecular weight excluding hydrogens is 348 g/mol. The molecule has 0 aromatic rings. The van der Waals surface area contributed by atoms with Crippen molar-refractivity contribution in [3.8, 4) is 0 Å². The third-order valence-corrected chi connectivity index (χ3v) is 6.63. The van der Waals surface area contributed by atoms with Gasteiger partial charge in [0.1, 0.15) is 12.2 Å². The van der Waals surface area contributed by atoms with Crippen LogP contribution >= 0.6 is 0 Å². The van der Waals surface area contributed by atoms with Crippen LogP contribution in [0.4, 0.5) is 4.79 Å². The maximum Gasteiger partial charge on any atom is 0.508 e. The largest absolute Gasteiger partial charge is 0.508 e. The Labute approximate surface area is 174 Å². The molecule has 2 rings (SSSR count). The first-order valence-corrected chi connectivity index (χ1v) is 12.7. The highest BCUT2D eigenvalue weighted by Crippen LogP contribution is 2.22. The zero-order chi connectivity index (χ0) is 19.7. The number of carbonyl (C=O) groups is 1. The summed E-state index contributed by atoms with van der Waals surface area (Å²) in [6.45, 7) is 0. The quantitative estimate of drug-likeness (QED) is 0.440. The molecule has 28 heavy (non-hydrogen) atoms. The predicted molar refractivity (Wildman–Crippen MR) is 117 cm³/mol. The van der Waals surface area contributed by atoms with Crippen LogP contribution in [0.25, 0.3) is 0 Å². The Morgan fingerprint density at radius 2 is 0.607 bits per heavy atom. The van der Waals surface area contributed by atoms with Gasteiger partial charge in [-0.3, -0.25) is 0 Å². The van der Waals surface area contributed by atoms with E-state index in [1.165, 1.54) is 116 Å². The fraction of sp³-hybridized carbons (Fsp3) is 0.960. The second-order valence-electron chi connectivity index (χ2n) is 9.25. The second kappa shape index (κ2) is 16.1. The summed E-state index contributed by atoms with van der Waals surface area (Å²) in [7, 11) is 0. The van der Waals surface area contributed by atoms with Gasteiger partial charge in [-0.2, -0.15) is 0 Å². The molecule has 0 radical (unpaired) electrons. The van der Waals surface area contributed by atoms with Gasteiger partial charge < -0.3 is 9.47 Å². The number of carbonyl (C=O) groups excluding carboxylic acids is 1. The average molecular weight is 395 g/mol. The Balaban J connectivity index is 1.73. The molecule has 0 atom stereocenters. The van der Waals surface area contributed by atoms with Crippen molar-refractivity contribution in [1.29, 1.82) is 0 Å². The summed E-state index contributed by atoms with van der Waals surface area (Å²) < 4.78 is 11.6. The van der Waals surface area contributed by atoms with Gasteiger partial charge in [0.05, 0.1) is 0 Å². The minimum Gasteiger partial charge on any atom is -0.431 e. The van der Waals surface area contributed by atoms with Crippen molar-refractivity contribution in [2.24, 2.45) is 0 Å². The van der Waals surface area contributed by atoms with E-state index in [0.717, 1.165) is 25.7 Å². The van der Waals surface area contributed by atoms with Crippen LogP contribution in [0.5, 0.6) is 0 Å². The molecule has 0 saturated heterocycles. The van der Waals surface area contributed by atoms with E-state index in [1.54, 1.807) is 0 Å². The number of ether oxygens (including phenoxy) is 2. The molecule has 0 aromatic heterocycles. The first-order chi connectivity index (χ1) is 13.8. The molecule has 3 nitrogen and oxygen atoms in total. The van der Waals surface area contributed by atoms with E-state index >= 15 is 0 Å². The van der Waals surface area contributed by atoms with Gasteiger partial charge in [0, 0.05) is 0 Å². The zero-order valence-electron chi connectivity index (χ0n) is 18.4. The molecule has 0 aliphatic heterocycles. The Hall–Kier alpha value is -0.730. The Morgan fingerprint density at radius 3 is 0.857 bits per heavy atom. The summed E-state index contributed by atoms with van der Waals surface area (Å²) in [6, 6.07) is 0. The van der Waals surface area contributed by atoms with Gasteiger partial charge in [0.15, 0.2) is 0 Å². The third kappa shape index (κ3) is 12.0. The van der Waals surface area contributed by atoms with Crippen LogP contribution in [0.3, 0.4) is 0 Å².